The van der Waals surface area contributed by atoms with Gasteiger partial charge < -0.3 is 9.90 Å². The Bertz CT molecular complexity index is 251. The van der Waals surface area contributed by atoms with Crippen LogP contribution in [-0.4, -0.2) is 29.7 Å². The van der Waals surface area contributed by atoms with Crippen molar-refractivity contribution in [3.63, 3.8) is 0 Å². The first-order valence-electron chi connectivity index (χ1n) is 3.29. The minimum Gasteiger partial charge on any atom is -0.481 e. The fraction of sp³-hybridized carbons (Fsp3) is 0.667. The maximum atomic E-state index is 12.0. The average molecular weight is 238 g/mol. The number of halogens is 6. The molecule has 0 fully saturated rings. The van der Waals surface area contributed by atoms with Crippen molar-refractivity contribution in [1.82, 2.24) is 0 Å². The minimum absolute atomic E-state index is 1.43. The monoisotopic (exact) mass is 238 g/mol. The second-order valence-corrected chi connectivity index (χ2v) is 2.66. The molecule has 0 radical (unpaired) electrons. The van der Waals surface area contributed by atoms with E-state index < -0.39 is 36.4 Å². The standard InChI is InChI=1S/C6H4F6O3/c7-5(8,9)4(2-13,1-3(14)15)6(10,11)12/h2H,1H2,(H,14,15). The Morgan fingerprint density at radius 1 is 1.07 bits per heavy atom. The number of aldehydes is 1. The van der Waals surface area contributed by atoms with Crippen LogP contribution in [0.2, 0.25) is 0 Å². The molecule has 0 aliphatic heterocycles. The van der Waals surface area contributed by atoms with Crippen molar-refractivity contribution >= 4 is 12.3 Å². The molecule has 0 bridgehead atoms. The van der Waals surface area contributed by atoms with Crippen LogP contribution in [0.3, 0.4) is 0 Å². The van der Waals surface area contributed by atoms with Crippen LogP contribution in [-0.2, 0) is 9.59 Å². The van der Waals surface area contributed by atoms with Crippen LogP contribution in [0.1, 0.15) is 6.42 Å². The molecule has 0 unspecified atom stereocenters. The Morgan fingerprint density at radius 3 is 1.47 bits per heavy atom. The van der Waals surface area contributed by atoms with Gasteiger partial charge in [0.15, 0.2) is 0 Å². The number of hydrogen-bond acceptors (Lipinski definition) is 2. The molecular weight excluding hydrogens is 234 g/mol. The van der Waals surface area contributed by atoms with Crippen LogP contribution in [0, 0.1) is 5.41 Å². The van der Waals surface area contributed by atoms with Crippen LogP contribution in [0.5, 0.6) is 0 Å². The number of alkyl halides is 6. The molecule has 0 saturated heterocycles. The molecule has 15 heavy (non-hydrogen) atoms. The first-order valence-corrected chi connectivity index (χ1v) is 3.29. The summed E-state index contributed by atoms with van der Waals surface area (Å²) in [7, 11) is 0. The van der Waals surface area contributed by atoms with E-state index in [1.165, 1.54) is 0 Å². The highest BCUT2D eigenvalue weighted by molar-refractivity contribution is 5.76. The Hall–Kier alpha value is -1.28. The number of rotatable bonds is 3. The molecular formula is C6H4F6O3. The van der Waals surface area contributed by atoms with Gasteiger partial charge in [0.05, 0.1) is 6.42 Å². The molecule has 0 aromatic carbocycles. The maximum absolute atomic E-state index is 12.0. The van der Waals surface area contributed by atoms with Gasteiger partial charge in [0.2, 0.25) is 5.41 Å². The summed E-state index contributed by atoms with van der Waals surface area (Å²) in [5, 5.41) is 7.95. The van der Waals surface area contributed by atoms with Crippen molar-refractivity contribution in [1.29, 1.82) is 0 Å². The van der Waals surface area contributed by atoms with Crippen LogP contribution in [0.15, 0.2) is 0 Å². The van der Waals surface area contributed by atoms with Gasteiger partial charge in [-0.3, -0.25) is 4.79 Å². The van der Waals surface area contributed by atoms with E-state index in [1.807, 2.05) is 0 Å². The fourth-order valence-corrected chi connectivity index (χ4v) is 0.775. The summed E-state index contributed by atoms with van der Waals surface area (Å²) in [4.78, 5) is 19.9. The topological polar surface area (TPSA) is 54.4 Å². The normalized spacial score (nSPS) is 13.7. The van der Waals surface area contributed by atoms with Crippen molar-refractivity contribution in [2.45, 2.75) is 18.8 Å². The zero-order valence-electron chi connectivity index (χ0n) is 6.82. The summed E-state index contributed by atoms with van der Waals surface area (Å²) in [6.07, 6.45) is -15.8. The predicted octanol–water partition coefficient (Wildman–Crippen LogP) is 1.77. The third-order valence-electron chi connectivity index (χ3n) is 1.64. The van der Waals surface area contributed by atoms with Gasteiger partial charge in [-0.25, -0.2) is 0 Å². The molecule has 0 rings (SSSR count). The van der Waals surface area contributed by atoms with Crippen molar-refractivity contribution < 1.29 is 41.0 Å². The number of carboxylic acids is 1. The summed E-state index contributed by atoms with van der Waals surface area (Å²) < 4.78 is 72.1. The molecule has 3 nitrogen and oxygen atoms in total. The van der Waals surface area contributed by atoms with Crippen molar-refractivity contribution in [3.8, 4) is 0 Å². The molecule has 0 aliphatic rings. The first-order chi connectivity index (χ1) is 6.48. The quantitative estimate of drug-likeness (QED) is 0.602. The first kappa shape index (κ1) is 13.7. The molecule has 0 amide bonds. The van der Waals surface area contributed by atoms with Gasteiger partial charge in [0.1, 0.15) is 6.29 Å². The summed E-state index contributed by atoms with van der Waals surface area (Å²) >= 11 is 0. The molecule has 0 spiro atoms. The zero-order chi connectivity index (χ0) is 12.5. The largest absolute Gasteiger partial charge is 0.481 e. The van der Waals surface area contributed by atoms with Gasteiger partial charge in [0, 0.05) is 0 Å². The average Bonchev–Trinajstić information content (AvgIpc) is 1.94. The zero-order valence-corrected chi connectivity index (χ0v) is 6.82. The number of carboxylic acid groups (broad SMARTS) is 1. The Kier molecular flexibility index (Phi) is 3.39. The van der Waals surface area contributed by atoms with E-state index in [1.54, 1.807) is 0 Å². The van der Waals surface area contributed by atoms with Gasteiger partial charge in [-0.1, -0.05) is 0 Å². The summed E-state index contributed by atoms with van der Waals surface area (Å²) in [6, 6.07) is 0. The van der Waals surface area contributed by atoms with E-state index in [9.17, 15) is 35.9 Å². The maximum Gasteiger partial charge on any atom is 0.410 e. The van der Waals surface area contributed by atoms with Crippen molar-refractivity contribution in [2.75, 3.05) is 0 Å². The third-order valence-corrected chi connectivity index (χ3v) is 1.64. The van der Waals surface area contributed by atoms with Gasteiger partial charge in [-0.15, -0.1) is 0 Å². The van der Waals surface area contributed by atoms with Gasteiger partial charge in [-0.2, -0.15) is 26.3 Å². The van der Waals surface area contributed by atoms with E-state index in [2.05, 4.69) is 0 Å². The Balaban J connectivity index is 5.52. The summed E-state index contributed by atoms with van der Waals surface area (Å²) in [5.41, 5.74) is -4.84. The number of carbonyl (C=O) groups is 2. The number of hydrogen-bond donors (Lipinski definition) is 1. The number of aliphatic carboxylic acids is 1. The van der Waals surface area contributed by atoms with E-state index in [0.29, 0.717) is 0 Å². The predicted molar refractivity (Wildman–Crippen MR) is 32.9 cm³/mol. The number of carbonyl (C=O) groups excluding carboxylic acids is 1. The van der Waals surface area contributed by atoms with E-state index in [-0.39, 0.29) is 0 Å². The highest BCUT2D eigenvalue weighted by Gasteiger charge is 2.71. The van der Waals surface area contributed by atoms with Gasteiger partial charge >= 0.3 is 18.3 Å². The molecule has 0 saturated carbocycles. The summed E-state index contributed by atoms with van der Waals surface area (Å²) in [6.45, 7) is 0. The highest BCUT2D eigenvalue weighted by Crippen LogP contribution is 2.51. The van der Waals surface area contributed by atoms with Crippen LogP contribution < -0.4 is 0 Å². The lowest BCUT2D eigenvalue weighted by Gasteiger charge is -2.30. The van der Waals surface area contributed by atoms with Crippen LogP contribution in [0.4, 0.5) is 26.3 Å². The molecule has 0 aromatic heterocycles. The second kappa shape index (κ2) is 3.70. The SMILES string of the molecule is O=CC(CC(=O)O)(C(F)(F)F)C(F)(F)F. The Morgan fingerprint density at radius 2 is 1.40 bits per heavy atom. The Labute approximate surface area is 78.7 Å². The molecule has 0 aromatic rings. The lowest BCUT2D eigenvalue weighted by atomic mass is 9.84. The molecule has 9 heteroatoms. The van der Waals surface area contributed by atoms with Gasteiger partial charge in [0.25, 0.3) is 0 Å². The lowest BCUT2D eigenvalue weighted by molar-refractivity contribution is -0.321. The molecule has 0 heterocycles. The van der Waals surface area contributed by atoms with Crippen LogP contribution >= 0.6 is 0 Å². The van der Waals surface area contributed by atoms with E-state index in [0.717, 1.165) is 0 Å². The summed E-state index contributed by atoms with van der Waals surface area (Å²) in [5.74, 6) is -2.36. The molecule has 0 atom stereocenters. The van der Waals surface area contributed by atoms with E-state index >= 15 is 0 Å². The van der Waals surface area contributed by atoms with Crippen molar-refractivity contribution in [3.05, 3.63) is 0 Å². The van der Waals surface area contributed by atoms with E-state index in [4.69, 9.17) is 5.11 Å². The lowest BCUT2D eigenvalue weighted by Crippen LogP contribution is -2.52. The molecule has 1 N–H and O–H groups in total. The molecule has 88 valence electrons. The fourth-order valence-electron chi connectivity index (χ4n) is 0.775. The third kappa shape index (κ3) is 2.39. The van der Waals surface area contributed by atoms with Gasteiger partial charge in [-0.05, 0) is 0 Å². The second-order valence-electron chi connectivity index (χ2n) is 2.66. The minimum atomic E-state index is -5.99. The van der Waals surface area contributed by atoms with Crippen LogP contribution in [0.25, 0.3) is 0 Å². The van der Waals surface area contributed by atoms with Crippen molar-refractivity contribution in [2.24, 2.45) is 5.41 Å². The molecule has 0 aliphatic carbocycles. The smallest absolute Gasteiger partial charge is 0.410 e. The highest BCUT2D eigenvalue weighted by atomic mass is 19.4.